The summed E-state index contributed by atoms with van der Waals surface area (Å²) in [7, 11) is 0. The highest BCUT2D eigenvalue weighted by atomic mass is 79.9. The second-order valence-electron chi connectivity index (χ2n) is 2.27. The molecule has 0 aliphatic rings. The molecule has 0 fully saturated rings. The summed E-state index contributed by atoms with van der Waals surface area (Å²) in [6.07, 6.45) is 3.22. The molecule has 76 valence electrons. The summed E-state index contributed by atoms with van der Waals surface area (Å²) in [5.41, 5.74) is 0. The molecule has 0 aliphatic heterocycles. The predicted octanol–water partition coefficient (Wildman–Crippen LogP) is 1.90. The standard InChI is InChI=1S/C8H13BrO3S/c1-13-6-7(9)8(11)12-5-3-2-4-10/h6,10H,2-5H2,1H3/b7-6-. The molecule has 0 bridgehead atoms. The summed E-state index contributed by atoms with van der Waals surface area (Å²) < 4.78 is 5.31. The Bertz CT molecular complexity index is 182. The monoisotopic (exact) mass is 268 g/mol. The minimum atomic E-state index is -0.354. The zero-order valence-corrected chi connectivity index (χ0v) is 9.86. The SMILES string of the molecule is CS/C=C(\Br)C(=O)OCCCCO. The maximum Gasteiger partial charge on any atom is 0.345 e. The summed E-state index contributed by atoms with van der Waals surface area (Å²) in [6, 6.07) is 0. The Balaban J connectivity index is 3.56. The van der Waals surface area contributed by atoms with Crippen LogP contribution in [-0.4, -0.2) is 30.5 Å². The highest BCUT2D eigenvalue weighted by Crippen LogP contribution is 2.12. The van der Waals surface area contributed by atoms with Crippen LogP contribution in [-0.2, 0) is 9.53 Å². The molecule has 0 aromatic heterocycles. The van der Waals surface area contributed by atoms with Crippen LogP contribution < -0.4 is 0 Å². The Morgan fingerprint density at radius 2 is 2.31 bits per heavy atom. The van der Waals surface area contributed by atoms with Crippen LogP contribution in [0.25, 0.3) is 0 Å². The first-order chi connectivity index (χ1) is 6.22. The van der Waals surface area contributed by atoms with Gasteiger partial charge in [0.2, 0.25) is 0 Å². The van der Waals surface area contributed by atoms with E-state index in [0.29, 0.717) is 23.9 Å². The van der Waals surface area contributed by atoms with E-state index in [4.69, 9.17) is 9.84 Å². The quantitative estimate of drug-likeness (QED) is 0.454. The number of ether oxygens (including phenoxy) is 1. The van der Waals surface area contributed by atoms with Crippen LogP contribution in [0.5, 0.6) is 0 Å². The van der Waals surface area contributed by atoms with Crippen LogP contribution in [0.4, 0.5) is 0 Å². The second-order valence-corrected chi connectivity index (χ2v) is 3.83. The third-order valence-corrected chi connectivity index (χ3v) is 2.53. The summed E-state index contributed by atoms with van der Waals surface area (Å²) in [5.74, 6) is -0.354. The van der Waals surface area contributed by atoms with Gasteiger partial charge in [0.05, 0.1) is 6.61 Å². The number of halogens is 1. The van der Waals surface area contributed by atoms with E-state index in [0.717, 1.165) is 0 Å². The first-order valence-corrected chi connectivity index (χ1v) is 5.97. The molecule has 1 N–H and O–H groups in total. The normalized spacial score (nSPS) is 11.5. The zero-order chi connectivity index (χ0) is 10.1. The Morgan fingerprint density at radius 3 is 2.85 bits per heavy atom. The van der Waals surface area contributed by atoms with Gasteiger partial charge in [-0.3, -0.25) is 0 Å². The molecule has 0 unspecified atom stereocenters. The number of carbonyl (C=O) groups is 1. The molecule has 5 heteroatoms. The number of hydrogen-bond acceptors (Lipinski definition) is 4. The van der Waals surface area contributed by atoms with Crippen LogP contribution in [0.1, 0.15) is 12.8 Å². The summed E-state index contributed by atoms with van der Waals surface area (Å²) in [6.45, 7) is 0.496. The number of unbranched alkanes of at least 4 members (excludes halogenated alkanes) is 1. The first kappa shape index (κ1) is 13.0. The van der Waals surface area contributed by atoms with E-state index in [2.05, 4.69) is 15.9 Å². The number of thioether (sulfide) groups is 1. The Hall–Kier alpha value is -0.0000000000000000763. The summed E-state index contributed by atoms with van der Waals surface area (Å²) >= 11 is 4.52. The minimum Gasteiger partial charge on any atom is -0.462 e. The maximum atomic E-state index is 11.1. The smallest absolute Gasteiger partial charge is 0.345 e. The van der Waals surface area contributed by atoms with Gasteiger partial charge in [-0.2, -0.15) is 0 Å². The van der Waals surface area contributed by atoms with Crippen LogP contribution in [0.15, 0.2) is 9.89 Å². The molecular formula is C8H13BrO3S. The van der Waals surface area contributed by atoms with Gasteiger partial charge in [-0.1, -0.05) is 0 Å². The van der Waals surface area contributed by atoms with Crippen molar-refractivity contribution in [3.05, 3.63) is 9.89 Å². The van der Waals surface area contributed by atoms with E-state index >= 15 is 0 Å². The number of esters is 1. The number of rotatable bonds is 6. The Kier molecular flexibility index (Phi) is 8.59. The van der Waals surface area contributed by atoms with Crippen molar-refractivity contribution < 1.29 is 14.6 Å². The van der Waals surface area contributed by atoms with Crippen molar-refractivity contribution in [1.29, 1.82) is 0 Å². The van der Waals surface area contributed by atoms with Gasteiger partial charge in [-0.05, 0) is 40.4 Å². The third-order valence-electron chi connectivity index (χ3n) is 1.20. The third kappa shape index (κ3) is 7.10. The van der Waals surface area contributed by atoms with Crippen molar-refractivity contribution in [3.63, 3.8) is 0 Å². The highest BCUT2D eigenvalue weighted by molar-refractivity contribution is 9.12. The van der Waals surface area contributed by atoms with Gasteiger partial charge in [-0.25, -0.2) is 4.79 Å². The number of carbonyl (C=O) groups excluding carboxylic acids is 1. The van der Waals surface area contributed by atoms with Crippen molar-refractivity contribution >= 4 is 33.7 Å². The van der Waals surface area contributed by atoms with Gasteiger partial charge in [0, 0.05) is 6.61 Å². The fourth-order valence-electron chi connectivity index (χ4n) is 0.599. The van der Waals surface area contributed by atoms with Gasteiger partial charge < -0.3 is 9.84 Å². The van der Waals surface area contributed by atoms with E-state index in [-0.39, 0.29) is 12.6 Å². The molecule has 0 radical (unpaired) electrons. The number of aliphatic hydroxyl groups excluding tert-OH is 1. The molecule has 3 nitrogen and oxygen atoms in total. The molecule has 0 amide bonds. The van der Waals surface area contributed by atoms with Crippen LogP contribution in [0, 0.1) is 0 Å². The van der Waals surface area contributed by atoms with Gasteiger partial charge in [0.15, 0.2) is 0 Å². The molecular weight excluding hydrogens is 256 g/mol. The molecule has 0 saturated heterocycles. The van der Waals surface area contributed by atoms with E-state index in [1.54, 1.807) is 5.41 Å². The van der Waals surface area contributed by atoms with Crippen molar-refractivity contribution in [2.45, 2.75) is 12.8 Å². The predicted molar refractivity (Wildman–Crippen MR) is 57.8 cm³/mol. The summed E-state index contributed by atoms with van der Waals surface area (Å²) in [4.78, 5) is 11.1. The van der Waals surface area contributed by atoms with Gasteiger partial charge in [0.25, 0.3) is 0 Å². The van der Waals surface area contributed by atoms with Crippen molar-refractivity contribution in [3.8, 4) is 0 Å². The topological polar surface area (TPSA) is 46.5 Å². The second kappa shape index (κ2) is 8.59. The van der Waals surface area contributed by atoms with Crippen LogP contribution in [0.3, 0.4) is 0 Å². The van der Waals surface area contributed by atoms with Crippen molar-refractivity contribution in [2.24, 2.45) is 0 Å². The Morgan fingerprint density at radius 1 is 1.62 bits per heavy atom. The fourth-order valence-corrected chi connectivity index (χ4v) is 1.58. The average molecular weight is 269 g/mol. The molecule has 0 rings (SSSR count). The molecule has 0 saturated carbocycles. The van der Waals surface area contributed by atoms with Crippen LogP contribution in [0.2, 0.25) is 0 Å². The average Bonchev–Trinajstić information content (AvgIpc) is 2.12. The fraction of sp³-hybridized carbons (Fsp3) is 0.625. The van der Waals surface area contributed by atoms with Gasteiger partial charge in [-0.15, -0.1) is 11.8 Å². The molecule has 0 heterocycles. The zero-order valence-electron chi connectivity index (χ0n) is 7.46. The molecule has 13 heavy (non-hydrogen) atoms. The molecule has 0 atom stereocenters. The molecule has 0 aliphatic carbocycles. The molecule has 0 aromatic rings. The van der Waals surface area contributed by atoms with E-state index in [1.807, 2.05) is 6.26 Å². The maximum absolute atomic E-state index is 11.1. The van der Waals surface area contributed by atoms with E-state index in [1.165, 1.54) is 11.8 Å². The number of aliphatic hydroxyl groups is 1. The lowest BCUT2D eigenvalue weighted by Gasteiger charge is -2.02. The van der Waals surface area contributed by atoms with Gasteiger partial charge >= 0.3 is 5.97 Å². The molecule has 0 aromatic carbocycles. The number of hydrogen-bond donors (Lipinski definition) is 1. The minimum absolute atomic E-state index is 0.138. The lowest BCUT2D eigenvalue weighted by atomic mass is 10.3. The largest absolute Gasteiger partial charge is 0.462 e. The van der Waals surface area contributed by atoms with Crippen molar-refractivity contribution in [1.82, 2.24) is 0 Å². The first-order valence-electron chi connectivity index (χ1n) is 3.88. The summed E-state index contributed by atoms with van der Waals surface area (Å²) in [5, 5.41) is 10.1. The van der Waals surface area contributed by atoms with E-state index < -0.39 is 0 Å². The molecule has 0 spiro atoms. The van der Waals surface area contributed by atoms with Crippen molar-refractivity contribution in [2.75, 3.05) is 19.5 Å². The van der Waals surface area contributed by atoms with Crippen LogP contribution >= 0.6 is 27.7 Å². The lowest BCUT2D eigenvalue weighted by Crippen LogP contribution is -2.05. The lowest BCUT2D eigenvalue weighted by molar-refractivity contribution is -0.138. The van der Waals surface area contributed by atoms with E-state index in [9.17, 15) is 4.79 Å². The van der Waals surface area contributed by atoms with Gasteiger partial charge in [0.1, 0.15) is 4.48 Å². The Labute approximate surface area is 90.7 Å². The highest BCUT2D eigenvalue weighted by Gasteiger charge is 2.05.